The van der Waals surface area contributed by atoms with Crippen LogP contribution in [-0.2, 0) is 6.54 Å². The summed E-state index contributed by atoms with van der Waals surface area (Å²) in [5.41, 5.74) is 2.69. The molecule has 0 radical (unpaired) electrons. The summed E-state index contributed by atoms with van der Waals surface area (Å²) in [5, 5.41) is 3.44. The molecule has 0 saturated heterocycles. The number of pyridine rings is 1. The second kappa shape index (κ2) is 5.97. The Kier molecular flexibility index (Phi) is 4.31. The molecular weight excluding hydrogens is 264 g/mol. The highest BCUT2D eigenvalue weighted by Crippen LogP contribution is 2.11. The molecule has 0 unspecified atom stereocenters. The quantitative estimate of drug-likeness (QED) is 0.915. The maximum Gasteiger partial charge on any atom is 0.0410 e. The zero-order valence-electron chi connectivity index (χ0n) is 9.12. The van der Waals surface area contributed by atoms with Gasteiger partial charge in [-0.05, 0) is 40.4 Å². The highest BCUT2D eigenvalue weighted by atomic mass is 79.9. The zero-order chi connectivity index (χ0) is 11.2. The van der Waals surface area contributed by atoms with Gasteiger partial charge in [0.25, 0.3) is 0 Å². The molecule has 2 nitrogen and oxygen atoms in total. The van der Waals surface area contributed by atoms with Gasteiger partial charge < -0.3 is 5.32 Å². The Labute approximate surface area is 105 Å². The van der Waals surface area contributed by atoms with E-state index < -0.39 is 0 Å². The lowest BCUT2D eigenvalue weighted by Gasteiger charge is -2.10. The number of aromatic nitrogens is 1. The van der Waals surface area contributed by atoms with Gasteiger partial charge in [0.2, 0.25) is 0 Å². The highest BCUT2D eigenvalue weighted by Gasteiger charge is 1.99. The third-order valence-corrected chi connectivity index (χ3v) is 2.98. The highest BCUT2D eigenvalue weighted by molar-refractivity contribution is 9.10. The average molecular weight is 279 g/mol. The molecule has 1 aliphatic rings. The Morgan fingerprint density at radius 1 is 1.31 bits per heavy atom. The molecule has 1 aromatic heterocycles. The van der Waals surface area contributed by atoms with Crippen LogP contribution in [0.4, 0.5) is 0 Å². The molecule has 1 N–H and O–H groups in total. The normalized spacial score (nSPS) is 14.9. The van der Waals surface area contributed by atoms with Crippen LogP contribution in [0.15, 0.2) is 46.7 Å². The van der Waals surface area contributed by atoms with E-state index in [4.69, 9.17) is 0 Å². The van der Waals surface area contributed by atoms with Crippen molar-refractivity contribution in [1.29, 1.82) is 0 Å². The predicted octanol–water partition coefficient (Wildman–Crippen LogP) is 3.21. The minimum atomic E-state index is 0.869. The molecule has 0 aliphatic heterocycles. The van der Waals surface area contributed by atoms with Gasteiger partial charge in [-0.25, -0.2) is 0 Å². The van der Waals surface area contributed by atoms with Crippen molar-refractivity contribution < 1.29 is 0 Å². The first-order valence-electron chi connectivity index (χ1n) is 5.49. The summed E-state index contributed by atoms with van der Waals surface area (Å²) < 4.78 is 1.03. The fraction of sp³-hybridized carbons (Fsp3) is 0.308. The number of hydrogen-bond donors (Lipinski definition) is 1. The summed E-state index contributed by atoms with van der Waals surface area (Å²) in [6.45, 7) is 1.84. The summed E-state index contributed by atoms with van der Waals surface area (Å²) in [6, 6.07) is 2.09. The van der Waals surface area contributed by atoms with E-state index >= 15 is 0 Å². The molecule has 2 rings (SSSR count). The molecule has 0 amide bonds. The Balaban J connectivity index is 1.79. The van der Waals surface area contributed by atoms with Gasteiger partial charge in [0.15, 0.2) is 0 Å². The van der Waals surface area contributed by atoms with E-state index in [0.717, 1.165) is 17.6 Å². The van der Waals surface area contributed by atoms with E-state index in [9.17, 15) is 0 Å². The molecule has 84 valence electrons. The monoisotopic (exact) mass is 278 g/mol. The van der Waals surface area contributed by atoms with Crippen molar-refractivity contribution in [3.63, 3.8) is 0 Å². The Hall–Kier alpha value is -0.930. The molecule has 1 aromatic rings. The average Bonchev–Trinajstić information content (AvgIpc) is 2.30. The van der Waals surface area contributed by atoms with E-state index in [1.54, 1.807) is 6.20 Å². The Morgan fingerprint density at radius 3 is 3.00 bits per heavy atom. The van der Waals surface area contributed by atoms with Crippen molar-refractivity contribution >= 4 is 15.9 Å². The third kappa shape index (κ3) is 3.58. The first kappa shape index (κ1) is 11.6. The van der Waals surface area contributed by atoms with Crippen LogP contribution in [0.1, 0.15) is 18.4 Å². The van der Waals surface area contributed by atoms with Gasteiger partial charge in [0, 0.05) is 30.0 Å². The second-order valence-electron chi connectivity index (χ2n) is 3.91. The van der Waals surface area contributed by atoms with E-state index in [1.165, 1.54) is 24.0 Å². The van der Waals surface area contributed by atoms with Crippen molar-refractivity contribution in [2.24, 2.45) is 0 Å². The third-order valence-electron chi connectivity index (χ3n) is 2.54. The number of rotatable bonds is 4. The van der Waals surface area contributed by atoms with Crippen LogP contribution in [0, 0.1) is 0 Å². The number of hydrogen-bond acceptors (Lipinski definition) is 2. The molecule has 0 spiro atoms. The largest absolute Gasteiger partial charge is 0.309 e. The number of halogens is 1. The predicted molar refractivity (Wildman–Crippen MR) is 70.1 cm³/mol. The fourth-order valence-corrected chi connectivity index (χ4v) is 2.13. The van der Waals surface area contributed by atoms with Gasteiger partial charge in [0.05, 0.1) is 0 Å². The van der Waals surface area contributed by atoms with Crippen molar-refractivity contribution in [3.8, 4) is 0 Å². The lowest BCUT2D eigenvalue weighted by atomic mass is 10.1. The van der Waals surface area contributed by atoms with Crippen molar-refractivity contribution in [2.75, 3.05) is 6.54 Å². The maximum absolute atomic E-state index is 4.14. The van der Waals surface area contributed by atoms with Crippen LogP contribution < -0.4 is 5.32 Å². The standard InChI is InChI=1S/C13H15BrN2/c14-13-6-12(9-16-10-13)8-15-7-11-4-2-1-3-5-11/h1-2,4,6,9-10,15H,3,5,7-8H2. The molecule has 0 saturated carbocycles. The topological polar surface area (TPSA) is 24.9 Å². The summed E-state index contributed by atoms with van der Waals surface area (Å²) in [5.74, 6) is 0. The molecule has 0 fully saturated rings. The Bertz CT molecular complexity index is 410. The van der Waals surface area contributed by atoms with E-state index in [0.29, 0.717) is 0 Å². The molecule has 1 aliphatic carbocycles. The molecule has 1 heterocycles. The van der Waals surface area contributed by atoms with E-state index in [2.05, 4.69) is 50.5 Å². The van der Waals surface area contributed by atoms with Gasteiger partial charge in [-0.15, -0.1) is 0 Å². The minimum Gasteiger partial charge on any atom is -0.309 e. The number of nitrogens with one attached hydrogen (secondary N) is 1. The molecule has 16 heavy (non-hydrogen) atoms. The molecular formula is C13H15BrN2. The molecule has 3 heteroatoms. The van der Waals surface area contributed by atoms with Crippen molar-refractivity contribution in [1.82, 2.24) is 10.3 Å². The maximum atomic E-state index is 4.14. The first-order chi connectivity index (χ1) is 7.84. The number of allylic oxidation sites excluding steroid dienone is 3. The summed E-state index contributed by atoms with van der Waals surface area (Å²) in [7, 11) is 0. The van der Waals surface area contributed by atoms with E-state index in [-0.39, 0.29) is 0 Å². The van der Waals surface area contributed by atoms with Crippen LogP contribution in [0.3, 0.4) is 0 Å². The number of nitrogens with zero attached hydrogens (tertiary/aromatic N) is 1. The minimum absolute atomic E-state index is 0.869. The second-order valence-corrected chi connectivity index (χ2v) is 4.82. The molecule has 0 atom stereocenters. The van der Waals surface area contributed by atoms with Gasteiger partial charge >= 0.3 is 0 Å². The fourth-order valence-electron chi connectivity index (χ4n) is 1.72. The van der Waals surface area contributed by atoms with Gasteiger partial charge in [-0.2, -0.15) is 0 Å². The van der Waals surface area contributed by atoms with Crippen molar-refractivity contribution in [3.05, 3.63) is 52.3 Å². The van der Waals surface area contributed by atoms with Crippen LogP contribution in [0.5, 0.6) is 0 Å². The van der Waals surface area contributed by atoms with Gasteiger partial charge in [0.1, 0.15) is 0 Å². The molecule has 0 aromatic carbocycles. The summed E-state index contributed by atoms with van der Waals surface area (Å²) >= 11 is 3.42. The van der Waals surface area contributed by atoms with Crippen LogP contribution >= 0.6 is 15.9 Å². The van der Waals surface area contributed by atoms with Crippen LogP contribution in [0.25, 0.3) is 0 Å². The SMILES string of the molecule is Brc1cncc(CNCC2=CC=CCC2)c1. The lowest BCUT2D eigenvalue weighted by molar-refractivity contribution is 0.713. The summed E-state index contributed by atoms with van der Waals surface area (Å²) in [6.07, 6.45) is 12.6. The summed E-state index contributed by atoms with van der Waals surface area (Å²) in [4.78, 5) is 4.14. The van der Waals surface area contributed by atoms with Gasteiger partial charge in [-0.1, -0.05) is 23.8 Å². The molecule has 0 bridgehead atoms. The van der Waals surface area contributed by atoms with Crippen molar-refractivity contribution in [2.45, 2.75) is 19.4 Å². The smallest absolute Gasteiger partial charge is 0.0410 e. The van der Waals surface area contributed by atoms with Crippen LogP contribution in [-0.4, -0.2) is 11.5 Å². The first-order valence-corrected chi connectivity index (χ1v) is 6.28. The lowest BCUT2D eigenvalue weighted by Crippen LogP contribution is -2.17. The zero-order valence-corrected chi connectivity index (χ0v) is 10.7. The van der Waals surface area contributed by atoms with E-state index in [1.807, 2.05) is 6.20 Å². The van der Waals surface area contributed by atoms with Gasteiger partial charge in [-0.3, -0.25) is 4.98 Å². The van der Waals surface area contributed by atoms with Crippen LogP contribution in [0.2, 0.25) is 0 Å². The Morgan fingerprint density at radius 2 is 2.25 bits per heavy atom.